The molecule has 0 bridgehead atoms. The number of ether oxygens (including phenoxy) is 1. The molecule has 0 aromatic rings. The predicted octanol–water partition coefficient (Wildman–Crippen LogP) is 10.1. The molecule has 0 aliphatic heterocycles. The molecule has 0 saturated heterocycles. The number of hydrogen-bond acceptors (Lipinski definition) is 3. The molecular weight excluding hydrogens is 448 g/mol. The highest BCUT2D eigenvalue weighted by atomic mass is 16.5. The van der Waals surface area contributed by atoms with Crippen molar-refractivity contribution in [3.8, 4) is 0 Å². The number of esters is 1. The molecule has 0 aliphatic carbocycles. The van der Waals surface area contributed by atoms with Gasteiger partial charge in [0.1, 0.15) is 6.10 Å². The van der Waals surface area contributed by atoms with Crippen LogP contribution in [-0.4, -0.2) is 23.1 Å². The van der Waals surface area contributed by atoms with Crippen molar-refractivity contribution in [1.82, 2.24) is 0 Å². The van der Waals surface area contributed by atoms with Gasteiger partial charge in [-0.05, 0) is 64.2 Å². The maximum absolute atomic E-state index is 12.3. The molecule has 0 fully saturated rings. The van der Waals surface area contributed by atoms with E-state index < -0.39 is 5.97 Å². The van der Waals surface area contributed by atoms with Crippen molar-refractivity contribution in [3.63, 3.8) is 0 Å². The van der Waals surface area contributed by atoms with E-state index in [0.717, 1.165) is 57.8 Å². The minimum absolute atomic E-state index is 0.00268. The number of hydrogen-bond donors (Lipinski definition) is 1. The van der Waals surface area contributed by atoms with Gasteiger partial charge < -0.3 is 9.84 Å². The van der Waals surface area contributed by atoms with Crippen LogP contribution in [0.4, 0.5) is 0 Å². The minimum atomic E-state index is -0.733. The molecule has 0 aromatic carbocycles. The monoisotopic (exact) mass is 506 g/mol. The molecule has 1 unspecified atom stereocenters. The lowest BCUT2D eigenvalue weighted by atomic mass is 10.0. The summed E-state index contributed by atoms with van der Waals surface area (Å²) in [6.07, 6.45) is 33.7. The first-order valence-corrected chi connectivity index (χ1v) is 15.3. The molecule has 210 valence electrons. The van der Waals surface area contributed by atoms with E-state index in [1.165, 1.54) is 70.6 Å². The summed E-state index contributed by atoms with van der Waals surface area (Å²) in [5.74, 6) is -0.789. The summed E-state index contributed by atoms with van der Waals surface area (Å²) in [4.78, 5) is 22.9. The van der Waals surface area contributed by atoms with Crippen molar-refractivity contribution in [2.24, 2.45) is 0 Å². The highest BCUT2D eigenvalue weighted by molar-refractivity contribution is 5.69. The molecule has 0 spiro atoms. The molecule has 0 amide bonds. The van der Waals surface area contributed by atoms with E-state index >= 15 is 0 Å². The van der Waals surface area contributed by atoms with Crippen LogP contribution in [0.2, 0.25) is 0 Å². The first-order valence-electron chi connectivity index (χ1n) is 15.3. The third-order valence-corrected chi connectivity index (χ3v) is 6.68. The Hall–Kier alpha value is -1.58. The lowest BCUT2D eigenvalue weighted by molar-refractivity contribution is -0.150. The zero-order valence-corrected chi connectivity index (χ0v) is 23.8. The number of carboxylic acid groups (broad SMARTS) is 1. The summed E-state index contributed by atoms with van der Waals surface area (Å²) in [5, 5.41) is 8.73. The maximum atomic E-state index is 12.3. The fourth-order valence-corrected chi connectivity index (χ4v) is 4.37. The van der Waals surface area contributed by atoms with Crippen LogP contribution in [0.5, 0.6) is 0 Å². The minimum Gasteiger partial charge on any atom is -0.481 e. The summed E-state index contributed by atoms with van der Waals surface area (Å²) < 4.78 is 5.75. The zero-order valence-electron chi connectivity index (χ0n) is 23.8. The fourth-order valence-electron chi connectivity index (χ4n) is 4.37. The van der Waals surface area contributed by atoms with E-state index in [2.05, 4.69) is 38.2 Å². The molecule has 0 aliphatic rings. The zero-order chi connectivity index (χ0) is 26.5. The number of rotatable bonds is 27. The Bertz CT molecular complexity index is 552. The van der Waals surface area contributed by atoms with E-state index in [1.54, 1.807) is 0 Å². The number of carbonyl (C=O) groups is 2. The van der Waals surface area contributed by atoms with Gasteiger partial charge in [-0.3, -0.25) is 9.59 Å². The summed E-state index contributed by atoms with van der Waals surface area (Å²) in [7, 11) is 0. The average molecular weight is 507 g/mol. The van der Waals surface area contributed by atoms with Gasteiger partial charge in [0, 0.05) is 12.8 Å². The summed E-state index contributed by atoms with van der Waals surface area (Å²) in [5.41, 5.74) is 0. The molecule has 0 rings (SSSR count). The summed E-state index contributed by atoms with van der Waals surface area (Å²) in [6, 6.07) is 0. The Morgan fingerprint density at radius 3 is 1.72 bits per heavy atom. The van der Waals surface area contributed by atoms with Crippen LogP contribution in [-0.2, 0) is 14.3 Å². The van der Waals surface area contributed by atoms with Crippen LogP contribution >= 0.6 is 0 Å². The van der Waals surface area contributed by atoms with E-state index in [-0.39, 0.29) is 18.5 Å². The van der Waals surface area contributed by atoms with Crippen molar-refractivity contribution in [2.75, 3.05) is 0 Å². The SMILES string of the molecule is CCCCCC/C=C\C/C=C\CCCCCCCCCC(=O)OC(CCCC)CCCCCC(=O)O. The molecule has 1 N–H and O–H groups in total. The van der Waals surface area contributed by atoms with Crippen LogP contribution in [0.1, 0.15) is 162 Å². The van der Waals surface area contributed by atoms with Gasteiger partial charge in [-0.15, -0.1) is 0 Å². The van der Waals surface area contributed by atoms with E-state index in [4.69, 9.17) is 9.84 Å². The van der Waals surface area contributed by atoms with Crippen molar-refractivity contribution in [1.29, 1.82) is 0 Å². The van der Waals surface area contributed by atoms with E-state index in [1.807, 2.05) is 0 Å². The molecule has 0 radical (unpaired) electrons. The highest BCUT2D eigenvalue weighted by Gasteiger charge is 2.14. The summed E-state index contributed by atoms with van der Waals surface area (Å²) >= 11 is 0. The van der Waals surface area contributed by atoms with Crippen molar-refractivity contribution in [2.45, 2.75) is 168 Å². The second-order valence-electron chi connectivity index (χ2n) is 10.3. The molecule has 36 heavy (non-hydrogen) atoms. The number of allylic oxidation sites excluding steroid dienone is 4. The number of unbranched alkanes of at least 4 members (excludes halogenated alkanes) is 14. The van der Waals surface area contributed by atoms with Gasteiger partial charge in [-0.1, -0.05) is 109 Å². The quantitative estimate of drug-likeness (QED) is 0.0683. The van der Waals surface area contributed by atoms with Crippen molar-refractivity contribution >= 4 is 11.9 Å². The van der Waals surface area contributed by atoms with Crippen LogP contribution < -0.4 is 0 Å². The van der Waals surface area contributed by atoms with Crippen LogP contribution in [0, 0.1) is 0 Å². The molecule has 4 heteroatoms. The summed E-state index contributed by atoms with van der Waals surface area (Å²) in [6.45, 7) is 4.41. The van der Waals surface area contributed by atoms with Gasteiger partial charge >= 0.3 is 11.9 Å². The second kappa shape index (κ2) is 28.0. The Morgan fingerprint density at radius 1 is 0.611 bits per heavy atom. The molecule has 0 saturated carbocycles. The molecule has 0 heterocycles. The van der Waals surface area contributed by atoms with Crippen molar-refractivity contribution in [3.05, 3.63) is 24.3 Å². The van der Waals surface area contributed by atoms with Gasteiger partial charge in [-0.25, -0.2) is 0 Å². The average Bonchev–Trinajstić information content (AvgIpc) is 2.86. The Labute approximate surface area is 223 Å². The second-order valence-corrected chi connectivity index (χ2v) is 10.3. The van der Waals surface area contributed by atoms with E-state index in [9.17, 15) is 9.59 Å². The number of carboxylic acids is 1. The van der Waals surface area contributed by atoms with Crippen LogP contribution in [0.15, 0.2) is 24.3 Å². The first-order chi connectivity index (χ1) is 17.6. The molecule has 4 nitrogen and oxygen atoms in total. The van der Waals surface area contributed by atoms with Gasteiger partial charge in [0.2, 0.25) is 0 Å². The molecule has 0 aromatic heterocycles. The maximum Gasteiger partial charge on any atom is 0.306 e. The molecular formula is C32H58O4. The van der Waals surface area contributed by atoms with Gasteiger partial charge in [0.25, 0.3) is 0 Å². The van der Waals surface area contributed by atoms with Gasteiger partial charge in [0.05, 0.1) is 0 Å². The highest BCUT2D eigenvalue weighted by Crippen LogP contribution is 2.16. The lowest BCUT2D eigenvalue weighted by Gasteiger charge is -2.17. The fraction of sp³-hybridized carbons (Fsp3) is 0.812. The van der Waals surface area contributed by atoms with E-state index in [0.29, 0.717) is 12.8 Å². The topological polar surface area (TPSA) is 63.6 Å². The smallest absolute Gasteiger partial charge is 0.306 e. The largest absolute Gasteiger partial charge is 0.481 e. The third-order valence-electron chi connectivity index (χ3n) is 6.68. The molecule has 1 atom stereocenters. The number of carbonyl (C=O) groups excluding carboxylic acids is 1. The normalized spacial score (nSPS) is 12.5. The standard InChI is InChI=1S/C32H58O4/c1-3-5-7-8-9-10-11-12-13-14-15-16-17-18-19-20-21-25-29-32(35)36-30(26-6-4-2)27-23-22-24-28-31(33)34/h10-11,13-14,30H,3-9,12,15-29H2,1-2H3,(H,33,34)/b11-10-,14-13-. The Balaban J connectivity index is 3.63. The predicted molar refractivity (Wildman–Crippen MR) is 153 cm³/mol. The van der Waals surface area contributed by atoms with Crippen LogP contribution in [0.25, 0.3) is 0 Å². The van der Waals surface area contributed by atoms with Gasteiger partial charge in [-0.2, -0.15) is 0 Å². The first kappa shape index (κ1) is 34.4. The van der Waals surface area contributed by atoms with Gasteiger partial charge in [0.15, 0.2) is 0 Å². The van der Waals surface area contributed by atoms with Crippen LogP contribution in [0.3, 0.4) is 0 Å². The third kappa shape index (κ3) is 27.0. The Kier molecular flexibility index (Phi) is 26.8. The number of aliphatic carboxylic acids is 1. The Morgan fingerprint density at radius 2 is 1.11 bits per heavy atom. The van der Waals surface area contributed by atoms with Crippen molar-refractivity contribution < 1.29 is 19.4 Å². The lowest BCUT2D eigenvalue weighted by Crippen LogP contribution is -2.18.